The number of carbonyl (C=O) groups is 1. The lowest BCUT2D eigenvalue weighted by Gasteiger charge is -2.29. The monoisotopic (exact) mass is 338 g/mol. The zero-order valence-corrected chi connectivity index (χ0v) is 13.4. The van der Waals surface area contributed by atoms with E-state index in [1.807, 2.05) is 6.07 Å². The topological polar surface area (TPSA) is 68.1 Å². The normalized spacial score (nSPS) is 13.7. The van der Waals surface area contributed by atoms with Gasteiger partial charge in [-0.3, -0.25) is 9.59 Å². The Hall–Kier alpha value is -3.09. The van der Waals surface area contributed by atoms with Crippen LogP contribution >= 0.6 is 0 Å². The highest BCUT2D eigenvalue weighted by Crippen LogP contribution is 2.21. The molecule has 2 heterocycles. The average molecular weight is 338 g/mol. The summed E-state index contributed by atoms with van der Waals surface area (Å²) in [5.41, 5.74) is 1.60. The van der Waals surface area contributed by atoms with Crippen molar-refractivity contribution < 1.29 is 9.18 Å². The fourth-order valence-corrected chi connectivity index (χ4v) is 3.11. The first-order valence-corrected chi connectivity index (χ1v) is 8.00. The van der Waals surface area contributed by atoms with E-state index in [4.69, 9.17) is 0 Å². The standard InChI is InChI=1S/C18H15FN4O2/c19-15-6-3-4-12-8-9-22(10-14(12)15)17(24)11-23-18(25)13-5-1-2-7-16(13)20-21-23/h1-7H,8-11H2. The van der Waals surface area contributed by atoms with Crippen LogP contribution in [0.25, 0.3) is 10.9 Å². The Balaban J connectivity index is 1.58. The van der Waals surface area contributed by atoms with Gasteiger partial charge in [-0.15, -0.1) is 5.10 Å². The van der Waals surface area contributed by atoms with Crippen LogP contribution in [-0.2, 0) is 24.3 Å². The smallest absolute Gasteiger partial charge is 0.278 e. The molecule has 4 rings (SSSR count). The van der Waals surface area contributed by atoms with Gasteiger partial charge in [-0.1, -0.05) is 29.5 Å². The number of carbonyl (C=O) groups excluding carboxylic acids is 1. The summed E-state index contributed by atoms with van der Waals surface area (Å²) >= 11 is 0. The maximum absolute atomic E-state index is 14.0. The molecule has 7 heteroatoms. The Labute approximate surface area is 142 Å². The number of aromatic nitrogens is 3. The van der Waals surface area contributed by atoms with Crippen molar-refractivity contribution in [3.8, 4) is 0 Å². The van der Waals surface area contributed by atoms with Gasteiger partial charge in [0.2, 0.25) is 5.91 Å². The molecule has 0 fully saturated rings. The first-order valence-electron chi connectivity index (χ1n) is 8.00. The highest BCUT2D eigenvalue weighted by Gasteiger charge is 2.23. The third-order valence-electron chi connectivity index (χ3n) is 4.48. The van der Waals surface area contributed by atoms with Gasteiger partial charge < -0.3 is 4.90 Å². The van der Waals surface area contributed by atoms with Gasteiger partial charge in [0, 0.05) is 18.7 Å². The van der Waals surface area contributed by atoms with E-state index in [0.29, 0.717) is 29.4 Å². The predicted octanol–water partition coefficient (Wildman–Crippen LogP) is 1.52. The lowest BCUT2D eigenvalue weighted by Crippen LogP contribution is -2.40. The lowest BCUT2D eigenvalue weighted by molar-refractivity contribution is -0.133. The molecule has 1 aromatic heterocycles. The Bertz CT molecular complexity index is 1030. The fraction of sp³-hybridized carbons (Fsp3) is 0.222. The molecule has 1 aliphatic rings. The Morgan fingerprint density at radius 2 is 2.00 bits per heavy atom. The van der Waals surface area contributed by atoms with Crippen molar-refractivity contribution in [3.05, 3.63) is 69.8 Å². The van der Waals surface area contributed by atoms with Gasteiger partial charge in [0.1, 0.15) is 17.9 Å². The molecule has 0 aliphatic carbocycles. The van der Waals surface area contributed by atoms with Crippen molar-refractivity contribution in [2.24, 2.45) is 0 Å². The number of hydrogen-bond acceptors (Lipinski definition) is 4. The second-order valence-corrected chi connectivity index (χ2v) is 6.01. The van der Waals surface area contributed by atoms with E-state index >= 15 is 0 Å². The largest absolute Gasteiger partial charge is 0.336 e. The Morgan fingerprint density at radius 3 is 2.88 bits per heavy atom. The molecule has 0 radical (unpaired) electrons. The molecule has 0 atom stereocenters. The third-order valence-corrected chi connectivity index (χ3v) is 4.48. The molecule has 2 aromatic carbocycles. The summed E-state index contributed by atoms with van der Waals surface area (Å²) in [5, 5.41) is 8.23. The summed E-state index contributed by atoms with van der Waals surface area (Å²) in [5.74, 6) is -0.585. The molecule has 6 nitrogen and oxygen atoms in total. The van der Waals surface area contributed by atoms with Gasteiger partial charge in [-0.05, 0) is 30.2 Å². The number of hydrogen-bond donors (Lipinski definition) is 0. The molecule has 0 unspecified atom stereocenters. The van der Waals surface area contributed by atoms with Gasteiger partial charge in [0.05, 0.1) is 5.39 Å². The van der Waals surface area contributed by atoms with Crippen molar-refractivity contribution in [3.63, 3.8) is 0 Å². The SMILES string of the molecule is O=C(Cn1nnc2ccccc2c1=O)N1CCc2cccc(F)c2C1. The van der Waals surface area contributed by atoms with E-state index in [9.17, 15) is 14.0 Å². The number of halogens is 1. The molecule has 1 amide bonds. The van der Waals surface area contributed by atoms with Gasteiger partial charge in [0.25, 0.3) is 5.56 Å². The molecule has 25 heavy (non-hydrogen) atoms. The lowest BCUT2D eigenvalue weighted by atomic mass is 9.99. The molecule has 0 saturated heterocycles. The van der Waals surface area contributed by atoms with Crippen LogP contribution in [-0.4, -0.2) is 32.3 Å². The molecule has 0 saturated carbocycles. The maximum atomic E-state index is 14.0. The maximum Gasteiger partial charge on any atom is 0.278 e. The Morgan fingerprint density at radius 1 is 1.16 bits per heavy atom. The molecule has 1 aliphatic heterocycles. The third kappa shape index (κ3) is 2.77. The fourth-order valence-electron chi connectivity index (χ4n) is 3.11. The van der Waals surface area contributed by atoms with Crippen molar-refractivity contribution >= 4 is 16.8 Å². The zero-order valence-electron chi connectivity index (χ0n) is 13.4. The van der Waals surface area contributed by atoms with Crippen LogP contribution in [0.15, 0.2) is 47.3 Å². The van der Waals surface area contributed by atoms with E-state index in [1.54, 1.807) is 35.2 Å². The summed E-state index contributed by atoms with van der Waals surface area (Å²) in [4.78, 5) is 26.5. The van der Waals surface area contributed by atoms with Crippen molar-refractivity contribution in [1.29, 1.82) is 0 Å². The summed E-state index contributed by atoms with van der Waals surface area (Å²) < 4.78 is 15.0. The van der Waals surface area contributed by atoms with E-state index in [2.05, 4.69) is 10.3 Å². The van der Waals surface area contributed by atoms with Crippen LogP contribution in [0, 0.1) is 5.82 Å². The Kier molecular flexibility index (Phi) is 3.76. The number of nitrogens with zero attached hydrogens (tertiary/aromatic N) is 4. The number of rotatable bonds is 2. The summed E-state index contributed by atoms with van der Waals surface area (Å²) in [6, 6.07) is 11.8. The van der Waals surface area contributed by atoms with Crippen LogP contribution in [0.4, 0.5) is 4.39 Å². The molecule has 0 spiro atoms. The van der Waals surface area contributed by atoms with E-state index in [0.717, 1.165) is 10.2 Å². The van der Waals surface area contributed by atoms with Crippen molar-refractivity contribution in [2.45, 2.75) is 19.5 Å². The molecule has 126 valence electrons. The van der Waals surface area contributed by atoms with Crippen LogP contribution in [0.1, 0.15) is 11.1 Å². The van der Waals surface area contributed by atoms with Crippen LogP contribution in [0.2, 0.25) is 0 Å². The van der Waals surface area contributed by atoms with Crippen molar-refractivity contribution in [1.82, 2.24) is 19.9 Å². The highest BCUT2D eigenvalue weighted by atomic mass is 19.1. The van der Waals surface area contributed by atoms with Gasteiger partial charge in [-0.25, -0.2) is 9.07 Å². The minimum atomic E-state index is -0.359. The molecule has 0 bridgehead atoms. The molecule has 0 N–H and O–H groups in total. The summed E-state index contributed by atoms with van der Waals surface area (Å²) in [6.45, 7) is 0.488. The van der Waals surface area contributed by atoms with E-state index in [-0.39, 0.29) is 30.4 Å². The van der Waals surface area contributed by atoms with Gasteiger partial charge >= 0.3 is 0 Å². The quantitative estimate of drug-likeness (QED) is 0.710. The van der Waals surface area contributed by atoms with Gasteiger partial charge in [-0.2, -0.15) is 0 Å². The first kappa shape index (κ1) is 15.4. The predicted molar refractivity (Wildman–Crippen MR) is 89.3 cm³/mol. The van der Waals surface area contributed by atoms with Gasteiger partial charge in [0.15, 0.2) is 0 Å². The zero-order chi connectivity index (χ0) is 17.4. The summed E-state index contributed by atoms with van der Waals surface area (Å²) in [7, 11) is 0. The van der Waals surface area contributed by atoms with E-state index in [1.165, 1.54) is 6.07 Å². The van der Waals surface area contributed by atoms with Crippen LogP contribution in [0.5, 0.6) is 0 Å². The molecule has 3 aromatic rings. The number of amides is 1. The highest BCUT2D eigenvalue weighted by molar-refractivity contribution is 5.78. The molecular formula is C18H15FN4O2. The average Bonchev–Trinajstić information content (AvgIpc) is 2.64. The molecular weight excluding hydrogens is 323 g/mol. The number of benzene rings is 2. The minimum absolute atomic E-state index is 0.205. The number of fused-ring (bicyclic) bond motifs is 2. The van der Waals surface area contributed by atoms with Crippen molar-refractivity contribution in [2.75, 3.05) is 6.54 Å². The van der Waals surface area contributed by atoms with Crippen LogP contribution < -0.4 is 5.56 Å². The van der Waals surface area contributed by atoms with E-state index < -0.39 is 0 Å². The summed E-state index contributed by atoms with van der Waals surface area (Å²) in [6.07, 6.45) is 0.594. The van der Waals surface area contributed by atoms with Crippen LogP contribution in [0.3, 0.4) is 0 Å². The first-order chi connectivity index (χ1) is 12.1. The minimum Gasteiger partial charge on any atom is -0.336 e. The second kappa shape index (κ2) is 6.08. The second-order valence-electron chi connectivity index (χ2n) is 6.01.